The monoisotopic (exact) mass is 403 g/mol. The Morgan fingerprint density at radius 2 is 2.11 bits per heavy atom. The summed E-state index contributed by atoms with van der Waals surface area (Å²) in [4.78, 5) is 7.60. The lowest BCUT2D eigenvalue weighted by atomic mass is 9.80. The third-order valence-corrected chi connectivity index (χ3v) is 4.60. The number of halogens is 5. The van der Waals surface area contributed by atoms with Gasteiger partial charge in [-0.3, -0.25) is 0 Å². The molecule has 5 nitrogen and oxygen atoms in total. The summed E-state index contributed by atoms with van der Waals surface area (Å²) in [6.45, 7) is -0.491. The van der Waals surface area contributed by atoms with Crippen molar-refractivity contribution in [3.8, 4) is 5.75 Å². The highest BCUT2D eigenvalue weighted by molar-refractivity contribution is 6.31. The smallest absolute Gasteiger partial charge is 0.421 e. The number of nitrogens with zero attached hydrogens (tertiary/aromatic N) is 2. The number of anilines is 1. The maximum absolute atomic E-state index is 14.2. The minimum absolute atomic E-state index is 0.0171. The summed E-state index contributed by atoms with van der Waals surface area (Å²) in [5.41, 5.74) is -1.93. The summed E-state index contributed by atoms with van der Waals surface area (Å²) < 4.78 is 58.0. The van der Waals surface area contributed by atoms with Gasteiger partial charge in [0, 0.05) is 18.5 Å². The minimum atomic E-state index is -4.63. The van der Waals surface area contributed by atoms with E-state index in [2.05, 4.69) is 15.3 Å². The maximum atomic E-state index is 14.2. The molecule has 2 heterocycles. The van der Waals surface area contributed by atoms with E-state index in [0.717, 1.165) is 13.2 Å². The Morgan fingerprint density at radius 3 is 2.74 bits per heavy atom. The highest BCUT2D eigenvalue weighted by Gasteiger charge is 2.39. The molecule has 27 heavy (non-hydrogen) atoms. The van der Waals surface area contributed by atoms with Crippen LogP contribution in [-0.4, -0.2) is 28.8 Å². The van der Waals surface area contributed by atoms with Gasteiger partial charge in [-0.2, -0.15) is 13.2 Å². The van der Waals surface area contributed by atoms with Crippen molar-refractivity contribution in [1.29, 1.82) is 0 Å². The Labute approximate surface area is 156 Å². The number of alkyl halides is 3. The normalized spacial score (nSPS) is 19.3. The second-order valence-corrected chi connectivity index (χ2v) is 6.27. The molecule has 0 aromatic carbocycles. The molecule has 0 radical (unpaired) electrons. The third-order valence-electron chi connectivity index (χ3n) is 4.32. The van der Waals surface area contributed by atoms with E-state index < -0.39 is 35.5 Å². The largest absolute Gasteiger partial charge is 0.496 e. The van der Waals surface area contributed by atoms with Crippen molar-refractivity contribution in [3.63, 3.8) is 0 Å². The van der Waals surface area contributed by atoms with Crippen LogP contribution in [0.5, 0.6) is 5.75 Å². The molecule has 1 aliphatic rings. The highest BCUT2D eigenvalue weighted by Crippen LogP contribution is 2.43. The van der Waals surface area contributed by atoms with Gasteiger partial charge in [0.1, 0.15) is 28.1 Å². The SMILES string of the molecule is COc1cc(NC2(CO)CC=C(F)c3c2ccnc3Cl)ncc1C(F)(F)F. The van der Waals surface area contributed by atoms with Crippen LogP contribution in [0.3, 0.4) is 0 Å². The number of hydrogen-bond donors (Lipinski definition) is 2. The van der Waals surface area contributed by atoms with Crippen molar-refractivity contribution < 1.29 is 27.4 Å². The van der Waals surface area contributed by atoms with Gasteiger partial charge in [-0.1, -0.05) is 11.6 Å². The molecule has 10 heteroatoms. The fraction of sp³-hybridized carbons (Fsp3) is 0.294. The number of fused-ring (bicyclic) bond motifs is 1. The van der Waals surface area contributed by atoms with Crippen molar-refractivity contribution in [2.75, 3.05) is 19.0 Å². The Kier molecular flexibility index (Phi) is 5.00. The number of nitrogens with one attached hydrogen (secondary N) is 1. The Hall–Kier alpha value is -2.39. The Bertz CT molecular complexity index is 904. The van der Waals surface area contributed by atoms with Gasteiger partial charge < -0.3 is 15.2 Å². The van der Waals surface area contributed by atoms with Crippen molar-refractivity contribution in [3.05, 3.63) is 52.4 Å². The van der Waals surface area contributed by atoms with Crippen LogP contribution in [0, 0.1) is 0 Å². The lowest BCUT2D eigenvalue weighted by Gasteiger charge is -2.37. The summed E-state index contributed by atoms with van der Waals surface area (Å²) in [5, 5.41) is 12.8. The van der Waals surface area contributed by atoms with Crippen LogP contribution in [-0.2, 0) is 11.7 Å². The molecule has 0 saturated heterocycles. The highest BCUT2D eigenvalue weighted by atomic mass is 35.5. The first-order valence-corrected chi connectivity index (χ1v) is 8.11. The first kappa shape index (κ1) is 19.4. The molecule has 2 aromatic heterocycles. The van der Waals surface area contributed by atoms with E-state index in [1.165, 1.54) is 18.3 Å². The van der Waals surface area contributed by atoms with E-state index in [-0.39, 0.29) is 23.0 Å². The van der Waals surface area contributed by atoms with Gasteiger partial charge in [0.2, 0.25) is 0 Å². The van der Waals surface area contributed by atoms with Crippen LogP contribution in [0.15, 0.2) is 30.6 Å². The number of hydrogen-bond acceptors (Lipinski definition) is 5. The topological polar surface area (TPSA) is 67.3 Å². The first-order chi connectivity index (χ1) is 12.7. The molecule has 3 rings (SSSR count). The van der Waals surface area contributed by atoms with Crippen LogP contribution >= 0.6 is 11.6 Å². The summed E-state index contributed by atoms with van der Waals surface area (Å²) in [5.74, 6) is -1.01. The summed E-state index contributed by atoms with van der Waals surface area (Å²) in [6.07, 6.45) is -1.40. The fourth-order valence-corrected chi connectivity index (χ4v) is 3.23. The molecule has 0 spiro atoms. The van der Waals surface area contributed by atoms with Crippen LogP contribution in [0.25, 0.3) is 5.83 Å². The molecule has 0 bridgehead atoms. The van der Waals surface area contributed by atoms with Gasteiger partial charge in [0.25, 0.3) is 0 Å². The molecule has 2 aromatic rings. The van der Waals surface area contributed by atoms with Crippen LogP contribution in [0.2, 0.25) is 5.15 Å². The maximum Gasteiger partial charge on any atom is 0.421 e. The van der Waals surface area contributed by atoms with Gasteiger partial charge in [0.15, 0.2) is 0 Å². The average molecular weight is 404 g/mol. The van der Waals surface area contributed by atoms with Crippen molar-refractivity contribution in [2.45, 2.75) is 18.1 Å². The van der Waals surface area contributed by atoms with E-state index in [9.17, 15) is 22.7 Å². The number of aliphatic hydroxyl groups excluding tert-OH is 1. The zero-order valence-corrected chi connectivity index (χ0v) is 14.7. The molecular formula is C17H14ClF4N3O2. The standard InChI is InChI=1S/C17H14ClF4N3O2/c1-27-12-6-13(24-7-10(12)17(20,21)22)25-16(8-26)4-2-11(19)14-9(16)3-5-23-15(14)18/h2-3,5-7,26H,4,8H2,1H3,(H,24,25). The predicted molar refractivity (Wildman–Crippen MR) is 91.1 cm³/mol. The van der Waals surface area contributed by atoms with Crippen molar-refractivity contribution in [1.82, 2.24) is 9.97 Å². The van der Waals surface area contributed by atoms with Crippen LogP contribution in [0.1, 0.15) is 23.1 Å². The molecule has 2 N–H and O–H groups in total. The van der Waals surface area contributed by atoms with Gasteiger partial charge in [-0.15, -0.1) is 0 Å². The molecule has 144 valence electrons. The lowest BCUT2D eigenvalue weighted by Crippen LogP contribution is -2.41. The number of aliphatic hydroxyl groups is 1. The molecule has 0 aliphatic heterocycles. The first-order valence-electron chi connectivity index (χ1n) is 7.73. The second-order valence-electron chi connectivity index (χ2n) is 5.91. The second kappa shape index (κ2) is 6.97. The summed E-state index contributed by atoms with van der Waals surface area (Å²) >= 11 is 5.98. The van der Waals surface area contributed by atoms with E-state index >= 15 is 0 Å². The van der Waals surface area contributed by atoms with Crippen LogP contribution in [0.4, 0.5) is 23.4 Å². The number of ether oxygens (including phenoxy) is 1. The molecular weight excluding hydrogens is 390 g/mol. The van der Waals surface area contributed by atoms with Gasteiger partial charge in [0.05, 0.1) is 24.8 Å². The summed E-state index contributed by atoms with van der Waals surface area (Å²) in [6, 6.07) is 2.55. The lowest BCUT2D eigenvalue weighted by molar-refractivity contribution is -0.139. The van der Waals surface area contributed by atoms with E-state index in [1.54, 1.807) is 0 Å². The molecule has 0 amide bonds. The quantitative estimate of drug-likeness (QED) is 0.592. The molecule has 1 atom stereocenters. The Balaban J connectivity index is 2.06. The minimum Gasteiger partial charge on any atom is -0.496 e. The van der Waals surface area contributed by atoms with E-state index in [4.69, 9.17) is 16.3 Å². The van der Waals surface area contributed by atoms with Gasteiger partial charge in [-0.05, 0) is 24.1 Å². The van der Waals surface area contributed by atoms with Crippen LogP contribution < -0.4 is 10.1 Å². The van der Waals surface area contributed by atoms with Crippen molar-refractivity contribution >= 4 is 23.2 Å². The van der Waals surface area contributed by atoms with E-state index in [0.29, 0.717) is 11.8 Å². The number of rotatable bonds is 4. The zero-order valence-electron chi connectivity index (χ0n) is 13.9. The van der Waals surface area contributed by atoms with Crippen molar-refractivity contribution in [2.24, 2.45) is 0 Å². The predicted octanol–water partition coefficient (Wildman–Crippen LogP) is 4.17. The Morgan fingerprint density at radius 1 is 1.37 bits per heavy atom. The van der Waals surface area contributed by atoms with Gasteiger partial charge in [-0.25, -0.2) is 14.4 Å². The van der Waals surface area contributed by atoms with Gasteiger partial charge >= 0.3 is 6.18 Å². The summed E-state index contributed by atoms with van der Waals surface area (Å²) in [7, 11) is 1.11. The number of methoxy groups -OCH3 is 1. The number of pyridine rings is 2. The fourth-order valence-electron chi connectivity index (χ4n) is 2.98. The van der Waals surface area contributed by atoms with E-state index in [1.807, 2.05) is 0 Å². The third kappa shape index (κ3) is 3.44. The number of aromatic nitrogens is 2. The molecule has 1 aliphatic carbocycles. The molecule has 0 saturated carbocycles. The zero-order chi connectivity index (χ0) is 19.8. The average Bonchev–Trinajstić information content (AvgIpc) is 2.63. The molecule has 0 fully saturated rings. The molecule has 1 unspecified atom stereocenters.